The SMILES string of the molecule is CC(O)CN1CCN(CC(=O)NCCc2ccc(F)cc2)CC1. The van der Waals surface area contributed by atoms with E-state index in [1.165, 1.54) is 12.1 Å². The van der Waals surface area contributed by atoms with Gasteiger partial charge in [-0.25, -0.2) is 4.39 Å². The van der Waals surface area contributed by atoms with Crippen molar-refractivity contribution in [2.75, 3.05) is 45.8 Å². The molecule has 2 N–H and O–H groups in total. The first kappa shape index (κ1) is 17.8. The minimum Gasteiger partial charge on any atom is -0.392 e. The molecular weight excluding hydrogens is 297 g/mol. The predicted molar refractivity (Wildman–Crippen MR) is 87.7 cm³/mol. The van der Waals surface area contributed by atoms with Gasteiger partial charge in [-0.2, -0.15) is 0 Å². The lowest BCUT2D eigenvalue weighted by Gasteiger charge is -2.34. The topological polar surface area (TPSA) is 55.8 Å². The molecule has 1 atom stereocenters. The van der Waals surface area contributed by atoms with Crippen LogP contribution < -0.4 is 5.32 Å². The van der Waals surface area contributed by atoms with Crippen molar-refractivity contribution >= 4 is 5.91 Å². The lowest BCUT2D eigenvalue weighted by Crippen LogP contribution is -2.50. The number of halogens is 1. The van der Waals surface area contributed by atoms with E-state index < -0.39 is 0 Å². The number of aliphatic hydroxyl groups excluding tert-OH is 1. The molecule has 1 amide bonds. The van der Waals surface area contributed by atoms with Crippen LogP contribution in [0.25, 0.3) is 0 Å². The number of β-amino-alcohol motifs (C(OH)–C–C–N with tert-alkyl or cyclic N) is 1. The number of nitrogens with one attached hydrogen (secondary N) is 1. The number of piperazine rings is 1. The molecule has 0 spiro atoms. The molecule has 1 aliphatic heterocycles. The van der Waals surface area contributed by atoms with Crippen LogP contribution in [-0.2, 0) is 11.2 Å². The largest absolute Gasteiger partial charge is 0.392 e. The Morgan fingerprint density at radius 3 is 2.43 bits per heavy atom. The summed E-state index contributed by atoms with van der Waals surface area (Å²) < 4.78 is 12.8. The van der Waals surface area contributed by atoms with E-state index in [-0.39, 0.29) is 17.8 Å². The van der Waals surface area contributed by atoms with E-state index in [9.17, 15) is 14.3 Å². The molecular formula is C17H26FN3O2. The van der Waals surface area contributed by atoms with Gasteiger partial charge in [0, 0.05) is 39.3 Å². The molecule has 1 aliphatic rings. The number of amides is 1. The van der Waals surface area contributed by atoms with Crippen molar-refractivity contribution in [2.45, 2.75) is 19.4 Å². The molecule has 23 heavy (non-hydrogen) atoms. The minimum atomic E-state index is -0.309. The lowest BCUT2D eigenvalue weighted by atomic mass is 10.1. The first-order valence-electron chi connectivity index (χ1n) is 8.17. The highest BCUT2D eigenvalue weighted by atomic mass is 19.1. The average Bonchev–Trinajstić information content (AvgIpc) is 2.51. The van der Waals surface area contributed by atoms with E-state index >= 15 is 0 Å². The summed E-state index contributed by atoms with van der Waals surface area (Å²) in [5.74, 6) is -0.219. The first-order chi connectivity index (χ1) is 11.0. The third-order valence-electron chi connectivity index (χ3n) is 4.00. The third kappa shape index (κ3) is 6.64. The summed E-state index contributed by atoms with van der Waals surface area (Å²) in [6.07, 6.45) is 0.394. The van der Waals surface area contributed by atoms with Crippen molar-refractivity contribution in [1.29, 1.82) is 0 Å². The molecule has 1 heterocycles. The summed E-state index contributed by atoms with van der Waals surface area (Å²) in [6, 6.07) is 6.35. The van der Waals surface area contributed by atoms with E-state index in [2.05, 4.69) is 15.1 Å². The fourth-order valence-electron chi connectivity index (χ4n) is 2.76. The van der Waals surface area contributed by atoms with E-state index in [1.54, 1.807) is 19.1 Å². The highest BCUT2D eigenvalue weighted by molar-refractivity contribution is 5.78. The Hall–Kier alpha value is -1.50. The lowest BCUT2D eigenvalue weighted by molar-refractivity contribution is -0.122. The van der Waals surface area contributed by atoms with Gasteiger partial charge < -0.3 is 10.4 Å². The Morgan fingerprint density at radius 2 is 1.83 bits per heavy atom. The van der Waals surface area contributed by atoms with Crippen LogP contribution in [0.3, 0.4) is 0 Å². The molecule has 1 saturated heterocycles. The Kier molecular flexibility index (Phi) is 6.95. The molecule has 0 aliphatic carbocycles. The Bertz CT molecular complexity index is 485. The number of aliphatic hydroxyl groups is 1. The zero-order valence-electron chi connectivity index (χ0n) is 13.7. The molecule has 0 aromatic heterocycles. The van der Waals surface area contributed by atoms with Crippen LogP contribution >= 0.6 is 0 Å². The standard InChI is InChI=1S/C17H26FN3O2/c1-14(22)12-20-8-10-21(11-9-20)13-17(23)19-7-6-15-2-4-16(18)5-3-15/h2-5,14,22H,6-13H2,1H3,(H,19,23). The number of carbonyl (C=O) groups is 1. The molecule has 1 aromatic rings. The molecule has 1 aromatic carbocycles. The van der Waals surface area contributed by atoms with Crippen molar-refractivity contribution in [3.05, 3.63) is 35.6 Å². The molecule has 6 heteroatoms. The second-order valence-electron chi connectivity index (χ2n) is 6.15. The highest BCUT2D eigenvalue weighted by Crippen LogP contribution is 2.04. The molecule has 128 valence electrons. The molecule has 0 saturated carbocycles. The zero-order valence-corrected chi connectivity index (χ0v) is 13.7. The van der Waals surface area contributed by atoms with Gasteiger partial charge in [0.15, 0.2) is 0 Å². The van der Waals surface area contributed by atoms with Crippen LogP contribution in [-0.4, -0.2) is 72.7 Å². The quantitative estimate of drug-likeness (QED) is 0.766. The van der Waals surface area contributed by atoms with Crippen molar-refractivity contribution in [2.24, 2.45) is 0 Å². The monoisotopic (exact) mass is 323 g/mol. The molecule has 1 unspecified atom stereocenters. The normalized spacial score (nSPS) is 17.9. The molecule has 2 rings (SSSR count). The number of nitrogens with zero attached hydrogens (tertiary/aromatic N) is 2. The summed E-state index contributed by atoms with van der Waals surface area (Å²) in [4.78, 5) is 16.3. The highest BCUT2D eigenvalue weighted by Gasteiger charge is 2.19. The maximum atomic E-state index is 12.8. The fourth-order valence-corrected chi connectivity index (χ4v) is 2.76. The van der Waals surface area contributed by atoms with Crippen molar-refractivity contribution in [3.8, 4) is 0 Å². The number of hydrogen-bond donors (Lipinski definition) is 2. The van der Waals surface area contributed by atoms with E-state index in [0.29, 0.717) is 26.1 Å². The second-order valence-corrected chi connectivity index (χ2v) is 6.15. The smallest absolute Gasteiger partial charge is 0.234 e. The van der Waals surface area contributed by atoms with Crippen LogP contribution in [0.4, 0.5) is 4.39 Å². The van der Waals surface area contributed by atoms with Crippen LogP contribution in [0.1, 0.15) is 12.5 Å². The minimum absolute atomic E-state index is 0.0242. The zero-order chi connectivity index (χ0) is 16.7. The Labute approximate surface area is 137 Å². The summed E-state index contributed by atoms with van der Waals surface area (Å²) in [7, 11) is 0. The number of rotatable bonds is 7. The van der Waals surface area contributed by atoms with E-state index in [1.807, 2.05) is 0 Å². The second kappa shape index (κ2) is 8.96. The number of carbonyl (C=O) groups excluding carboxylic acids is 1. The average molecular weight is 323 g/mol. The third-order valence-corrected chi connectivity index (χ3v) is 4.00. The predicted octanol–water partition coefficient (Wildman–Crippen LogP) is 0.483. The van der Waals surface area contributed by atoms with Crippen molar-refractivity contribution in [3.63, 3.8) is 0 Å². The number of benzene rings is 1. The van der Waals surface area contributed by atoms with Crippen LogP contribution in [0, 0.1) is 5.82 Å². The Balaban J connectivity index is 1.61. The van der Waals surface area contributed by atoms with Gasteiger partial charge in [-0.05, 0) is 31.0 Å². The van der Waals surface area contributed by atoms with Gasteiger partial charge in [0.25, 0.3) is 0 Å². The van der Waals surface area contributed by atoms with Gasteiger partial charge in [0.2, 0.25) is 5.91 Å². The summed E-state index contributed by atoms with van der Waals surface area (Å²) in [6.45, 7) is 6.91. The van der Waals surface area contributed by atoms with Gasteiger partial charge in [0.1, 0.15) is 5.82 Å². The van der Waals surface area contributed by atoms with Gasteiger partial charge in [-0.3, -0.25) is 14.6 Å². The van der Waals surface area contributed by atoms with Gasteiger partial charge in [0.05, 0.1) is 12.6 Å². The summed E-state index contributed by atoms with van der Waals surface area (Å²) in [5.41, 5.74) is 1.01. The molecule has 1 fully saturated rings. The van der Waals surface area contributed by atoms with Crippen LogP contribution in [0.15, 0.2) is 24.3 Å². The Morgan fingerprint density at radius 1 is 1.22 bits per heavy atom. The van der Waals surface area contributed by atoms with Crippen molar-refractivity contribution in [1.82, 2.24) is 15.1 Å². The van der Waals surface area contributed by atoms with E-state index in [4.69, 9.17) is 0 Å². The summed E-state index contributed by atoms with van der Waals surface area (Å²) in [5, 5.41) is 12.3. The molecule has 5 nitrogen and oxygen atoms in total. The molecule has 0 radical (unpaired) electrons. The van der Waals surface area contributed by atoms with Crippen LogP contribution in [0.5, 0.6) is 0 Å². The fraction of sp³-hybridized carbons (Fsp3) is 0.588. The van der Waals surface area contributed by atoms with Gasteiger partial charge in [-0.15, -0.1) is 0 Å². The van der Waals surface area contributed by atoms with E-state index in [0.717, 1.165) is 31.7 Å². The van der Waals surface area contributed by atoms with Gasteiger partial charge in [-0.1, -0.05) is 12.1 Å². The maximum absolute atomic E-state index is 12.8. The van der Waals surface area contributed by atoms with Crippen molar-refractivity contribution < 1.29 is 14.3 Å². The van der Waals surface area contributed by atoms with Gasteiger partial charge >= 0.3 is 0 Å². The first-order valence-corrected chi connectivity index (χ1v) is 8.17. The number of hydrogen-bond acceptors (Lipinski definition) is 4. The maximum Gasteiger partial charge on any atom is 0.234 e. The molecule has 0 bridgehead atoms. The van der Waals surface area contributed by atoms with Crippen LogP contribution in [0.2, 0.25) is 0 Å². The summed E-state index contributed by atoms with van der Waals surface area (Å²) >= 11 is 0.